The maximum absolute atomic E-state index is 12.7. The summed E-state index contributed by atoms with van der Waals surface area (Å²) in [6.07, 6.45) is 6.68. The molecule has 3 heterocycles. The number of halogens is 3. The van der Waals surface area contributed by atoms with Gasteiger partial charge in [-0.15, -0.1) is 0 Å². The summed E-state index contributed by atoms with van der Waals surface area (Å²) < 4.78 is 40.1. The second-order valence-electron chi connectivity index (χ2n) is 6.74. The van der Waals surface area contributed by atoms with E-state index < -0.39 is 11.7 Å². The summed E-state index contributed by atoms with van der Waals surface area (Å²) in [5.41, 5.74) is 3.92. The van der Waals surface area contributed by atoms with E-state index in [1.807, 2.05) is 47.0 Å². The van der Waals surface area contributed by atoms with Gasteiger partial charge in [-0.3, -0.25) is 9.38 Å². The highest BCUT2D eigenvalue weighted by Gasteiger charge is 2.29. The van der Waals surface area contributed by atoms with Crippen LogP contribution in [0.1, 0.15) is 11.3 Å². The molecule has 5 nitrogen and oxygen atoms in total. The van der Waals surface area contributed by atoms with E-state index in [1.165, 1.54) is 18.3 Å². The van der Waals surface area contributed by atoms with Crippen LogP contribution in [0.15, 0.2) is 79.3 Å². The number of anilines is 2. The predicted molar refractivity (Wildman–Crippen MR) is 108 cm³/mol. The van der Waals surface area contributed by atoms with E-state index in [0.717, 1.165) is 34.7 Å². The molecular formula is C22H14F3N5. The van der Waals surface area contributed by atoms with E-state index in [0.29, 0.717) is 17.2 Å². The van der Waals surface area contributed by atoms with Crippen LogP contribution in [0, 0.1) is 0 Å². The van der Waals surface area contributed by atoms with Crippen molar-refractivity contribution in [1.82, 2.24) is 19.4 Å². The van der Waals surface area contributed by atoms with E-state index >= 15 is 0 Å². The van der Waals surface area contributed by atoms with Gasteiger partial charge in [0.05, 0.1) is 29.3 Å². The molecule has 4 aromatic rings. The average molecular weight is 405 g/mol. The Kier molecular flexibility index (Phi) is 4.13. The van der Waals surface area contributed by atoms with Crippen LogP contribution >= 0.6 is 0 Å². The van der Waals surface area contributed by atoms with Gasteiger partial charge in [0.15, 0.2) is 0 Å². The number of nitrogens with zero attached hydrogens (tertiary/aromatic N) is 4. The molecule has 0 fully saturated rings. The number of allylic oxidation sites excluding steroid dienone is 4. The molecule has 1 aliphatic carbocycles. The van der Waals surface area contributed by atoms with Gasteiger partial charge < -0.3 is 5.32 Å². The van der Waals surface area contributed by atoms with E-state index in [1.54, 1.807) is 6.20 Å². The van der Waals surface area contributed by atoms with Gasteiger partial charge in [-0.25, -0.2) is 9.97 Å². The van der Waals surface area contributed by atoms with Gasteiger partial charge in [-0.05, 0) is 36.4 Å². The first kappa shape index (κ1) is 18.1. The zero-order valence-electron chi connectivity index (χ0n) is 15.4. The second kappa shape index (κ2) is 6.84. The van der Waals surface area contributed by atoms with Crippen molar-refractivity contribution in [2.45, 2.75) is 6.18 Å². The summed E-state index contributed by atoms with van der Waals surface area (Å²) in [5.74, 6) is 0.425. The molecule has 0 saturated carbocycles. The summed E-state index contributed by atoms with van der Waals surface area (Å²) in [5, 5.41) is 3.00. The van der Waals surface area contributed by atoms with Crippen LogP contribution in [0.4, 0.5) is 24.7 Å². The Balaban J connectivity index is 1.46. The summed E-state index contributed by atoms with van der Waals surface area (Å²) in [6.45, 7) is 0. The fraction of sp³-hybridized carbons (Fsp3) is 0.0455. The lowest BCUT2D eigenvalue weighted by molar-refractivity contribution is -0.137. The fourth-order valence-corrected chi connectivity index (χ4v) is 3.16. The minimum absolute atomic E-state index is 0.425. The zero-order valence-corrected chi connectivity index (χ0v) is 15.4. The summed E-state index contributed by atoms with van der Waals surface area (Å²) in [7, 11) is 0. The first-order valence-electron chi connectivity index (χ1n) is 9.11. The Bertz CT molecular complexity index is 1300. The monoisotopic (exact) mass is 405 g/mol. The molecule has 0 saturated heterocycles. The van der Waals surface area contributed by atoms with Crippen molar-refractivity contribution in [3.8, 4) is 11.4 Å². The topological polar surface area (TPSA) is 55.1 Å². The van der Waals surface area contributed by atoms with Gasteiger partial charge in [-0.1, -0.05) is 24.3 Å². The van der Waals surface area contributed by atoms with Crippen LogP contribution < -0.4 is 5.32 Å². The Morgan fingerprint density at radius 3 is 2.40 bits per heavy atom. The predicted octanol–water partition coefficient (Wildman–Crippen LogP) is 5.51. The van der Waals surface area contributed by atoms with E-state index in [-0.39, 0.29) is 0 Å². The molecule has 30 heavy (non-hydrogen) atoms. The summed E-state index contributed by atoms with van der Waals surface area (Å²) >= 11 is 0. The molecule has 0 aliphatic heterocycles. The largest absolute Gasteiger partial charge is 0.416 e. The third-order valence-corrected chi connectivity index (χ3v) is 4.72. The van der Waals surface area contributed by atoms with Gasteiger partial charge >= 0.3 is 6.18 Å². The average Bonchev–Trinajstić information content (AvgIpc) is 3.10. The quantitative estimate of drug-likeness (QED) is 0.487. The molecule has 1 aromatic carbocycles. The number of alkyl halides is 3. The highest BCUT2D eigenvalue weighted by atomic mass is 19.4. The van der Waals surface area contributed by atoms with Crippen LogP contribution in [-0.4, -0.2) is 19.4 Å². The molecule has 3 aromatic heterocycles. The molecule has 0 radical (unpaired) electrons. The third-order valence-electron chi connectivity index (χ3n) is 4.72. The van der Waals surface area contributed by atoms with E-state index in [9.17, 15) is 13.2 Å². The highest BCUT2D eigenvalue weighted by Crippen LogP contribution is 2.30. The fourth-order valence-electron chi connectivity index (χ4n) is 3.16. The normalized spacial score (nSPS) is 13.2. The smallest absolute Gasteiger partial charge is 0.339 e. The molecule has 8 heteroatoms. The van der Waals surface area contributed by atoms with Crippen LogP contribution in [0.3, 0.4) is 0 Å². The Morgan fingerprint density at radius 2 is 1.70 bits per heavy atom. The maximum atomic E-state index is 12.7. The SMILES string of the molecule is FC(F)(F)c1ccc(Nc2cncc(-c3cccc4nc(C5=CC=C5)cn34)n2)cc1. The lowest BCUT2D eigenvalue weighted by atomic mass is 10.1. The Morgan fingerprint density at radius 1 is 0.900 bits per heavy atom. The van der Waals surface area contributed by atoms with Crippen LogP contribution in [0.2, 0.25) is 0 Å². The van der Waals surface area contributed by atoms with E-state index in [2.05, 4.69) is 20.3 Å². The van der Waals surface area contributed by atoms with Crippen molar-refractivity contribution in [3.05, 3.63) is 90.5 Å². The number of benzene rings is 1. The van der Waals surface area contributed by atoms with Crippen molar-refractivity contribution >= 4 is 22.7 Å². The van der Waals surface area contributed by atoms with Gasteiger partial charge in [-0.2, -0.15) is 13.2 Å². The number of pyridine rings is 1. The molecule has 0 bridgehead atoms. The van der Waals surface area contributed by atoms with Crippen molar-refractivity contribution < 1.29 is 13.2 Å². The van der Waals surface area contributed by atoms with Gasteiger partial charge in [0, 0.05) is 17.5 Å². The standard InChI is InChI=1S/C22H14F3N5/c23-22(24,25)15-7-9-16(10-8-15)27-20-12-26-11-17(28-20)19-5-2-6-21-29-18(13-30(19)21)14-3-1-4-14/h1-13H,(H,27,28). The number of imidazole rings is 1. The molecule has 0 atom stereocenters. The van der Waals surface area contributed by atoms with Gasteiger partial charge in [0.25, 0.3) is 0 Å². The van der Waals surface area contributed by atoms with Crippen molar-refractivity contribution in [3.63, 3.8) is 0 Å². The first-order valence-corrected chi connectivity index (χ1v) is 9.11. The molecule has 0 spiro atoms. The minimum Gasteiger partial charge on any atom is -0.339 e. The lowest BCUT2D eigenvalue weighted by Crippen LogP contribution is -2.04. The molecule has 148 valence electrons. The lowest BCUT2D eigenvalue weighted by Gasteiger charge is -2.10. The van der Waals surface area contributed by atoms with Crippen molar-refractivity contribution in [2.24, 2.45) is 0 Å². The minimum atomic E-state index is -4.37. The molecule has 5 rings (SSSR count). The molecule has 0 unspecified atom stereocenters. The van der Waals surface area contributed by atoms with Crippen molar-refractivity contribution in [2.75, 3.05) is 5.32 Å². The number of aromatic nitrogens is 4. The van der Waals surface area contributed by atoms with Crippen LogP contribution in [0.5, 0.6) is 0 Å². The van der Waals surface area contributed by atoms with Gasteiger partial charge in [0.1, 0.15) is 17.2 Å². The Hall–Kier alpha value is -3.94. The summed E-state index contributed by atoms with van der Waals surface area (Å²) in [4.78, 5) is 13.4. The number of nitrogens with one attached hydrogen (secondary N) is 1. The molecule has 1 N–H and O–H groups in total. The molecule has 0 amide bonds. The maximum Gasteiger partial charge on any atom is 0.416 e. The number of fused-ring (bicyclic) bond motifs is 1. The molecule has 1 aliphatic rings. The second-order valence-corrected chi connectivity index (χ2v) is 6.74. The first-order chi connectivity index (χ1) is 14.5. The summed E-state index contributed by atoms with van der Waals surface area (Å²) in [6, 6.07) is 10.5. The number of hydrogen-bond acceptors (Lipinski definition) is 4. The van der Waals surface area contributed by atoms with E-state index in [4.69, 9.17) is 0 Å². The Labute approximate surface area is 169 Å². The van der Waals surface area contributed by atoms with Crippen molar-refractivity contribution in [1.29, 1.82) is 0 Å². The number of hydrogen-bond donors (Lipinski definition) is 1. The van der Waals surface area contributed by atoms with Crippen LogP contribution in [0.25, 0.3) is 22.6 Å². The third kappa shape index (κ3) is 3.32. The van der Waals surface area contributed by atoms with Gasteiger partial charge in [0.2, 0.25) is 0 Å². The number of rotatable bonds is 4. The van der Waals surface area contributed by atoms with Crippen LogP contribution in [-0.2, 0) is 6.18 Å². The highest BCUT2D eigenvalue weighted by molar-refractivity contribution is 5.80. The zero-order chi connectivity index (χ0) is 20.7. The molecular weight excluding hydrogens is 391 g/mol.